The molecular weight excluding hydrogens is 346 g/mol. The van der Waals surface area contributed by atoms with E-state index in [1.807, 2.05) is 19.9 Å². The van der Waals surface area contributed by atoms with Crippen LogP contribution in [-0.4, -0.2) is 21.1 Å². The Balaban J connectivity index is 2.24. The summed E-state index contributed by atoms with van der Waals surface area (Å²) < 4.78 is 6.17. The number of halogens is 2. The Bertz CT molecular complexity index is 623. The van der Waals surface area contributed by atoms with Crippen LogP contribution in [0.2, 0.25) is 5.02 Å². The van der Waals surface area contributed by atoms with Crippen molar-refractivity contribution in [3.8, 4) is 6.01 Å². The highest BCUT2D eigenvalue weighted by Gasteiger charge is 2.08. The molecule has 0 spiro atoms. The van der Waals surface area contributed by atoms with Crippen LogP contribution in [0, 0.1) is 0 Å². The lowest BCUT2D eigenvalue weighted by molar-refractivity contribution is 0.222. The summed E-state index contributed by atoms with van der Waals surface area (Å²) in [5.41, 5.74) is 6.40. The predicted octanol–water partition coefficient (Wildman–Crippen LogP) is 3.40. The van der Waals surface area contributed by atoms with Gasteiger partial charge in [0, 0.05) is 10.2 Å². The molecule has 106 valence electrons. The summed E-state index contributed by atoms with van der Waals surface area (Å²) in [7, 11) is 0. The van der Waals surface area contributed by atoms with Crippen LogP contribution in [0.3, 0.4) is 0 Å². The second-order valence-corrected chi connectivity index (χ2v) is 5.48. The Kier molecular flexibility index (Phi) is 4.61. The van der Waals surface area contributed by atoms with Gasteiger partial charge in [0.2, 0.25) is 11.9 Å². The molecule has 6 nitrogen and oxygen atoms in total. The van der Waals surface area contributed by atoms with Crippen LogP contribution in [0.5, 0.6) is 6.01 Å². The summed E-state index contributed by atoms with van der Waals surface area (Å²) in [5.74, 6) is 0.397. The van der Waals surface area contributed by atoms with E-state index in [-0.39, 0.29) is 18.1 Å². The van der Waals surface area contributed by atoms with E-state index in [9.17, 15) is 0 Å². The molecule has 0 unspecified atom stereocenters. The number of benzene rings is 1. The summed E-state index contributed by atoms with van der Waals surface area (Å²) in [6, 6.07) is 5.55. The normalized spacial score (nSPS) is 10.7. The molecule has 1 aromatic heterocycles. The second kappa shape index (κ2) is 6.23. The van der Waals surface area contributed by atoms with Crippen molar-refractivity contribution in [3.05, 3.63) is 27.7 Å². The van der Waals surface area contributed by atoms with Gasteiger partial charge in [-0.1, -0.05) is 11.6 Å². The van der Waals surface area contributed by atoms with E-state index in [4.69, 9.17) is 22.1 Å². The lowest BCUT2D eigenvalue weighted by Crippen LogP contribution is -2.11. The summed E-state index contributed by atoms with van der Waals surface area (Å²) in [4.78, 5) is 12.1. The van der Waals surface area contributed by atoms with Crippen LogP contribution < -0.4 is 15.8 Å². The minimum absolute atomic E-state index is 0.0469. The Morgan fingerprint density at radius 2 is 2.05 bits per heavy atom. The fourth-order valence-electron chi connectivity index (χ4n) is 1.39. The molecule has 0 aliphatic rings. The SMILES string of the molecule is CC(C)Oc1nc(N)nc(Nc2ccc(Cl)c(Br)c2)n1. The Hall–Kier alpha value is -1.60. The zero-order chi connectivity index (χ0) is 14.7. The molecule has 0 fully saturated rings. The molecule has 0 saturated carbocycles. The van der Waals surface area contributed by atoms with E-state index < -0.39 is 0 Å². The fraction of sp³-hybridized carbons (Fsp3) is 0.250. The topological polar surface area (TPSA) is 86.0 Å². The molecule has 0 atom stereocenters. The van der Waals surface area contributed by atoms with Gasteiger partial charge in [0.15, 0.2) is 0 Å². The van der Waals surface area contributed by atoms with E-state index in [2.05, 4.69) is 36.2 Å². The van der Waals surface area contributed by atoms with Gasteiger partial charge < -0.3 is 15.8 Å². The molecule has 0 aliphatic carbocycles. The van der Waals surface area contributed by atoms with Crippen LogP contribution in [0.25, 0.3) is 0 Å². The summed E-state index contributed by atoms with van der Waals surface area (Å²) in [6.07, 6.45) is -0.0469. The minimum Gasteiger partial charge on any atom is -0.461 e. The van der Waals surface area contributed by atoms with Crippen molar-refractivity contribution < 1.29 is 4.74 Å². The molecular formula is C12H13BrClN5O. The zero-order valence-electron chi connectivity index (χ0n) is 10.9. The quantitative estimate of drug-likeness (QED) is 0.871. The summed E-state index contributed by atoms with van der Waals surface area (Å²) >= 11 is 9.28. The van der Waals surface area contributed by atoms with E-state index >= 15 is 0 Å². The monoisotopic (exact) mass is 357 g/mol. The van der Waals surface area contributed by atoms with Crippen LogP contribution in [-0.2, 0) is 0 Å². The molecule has 0 aliphatic heterocycles. The largest absolute Gasteiger partial charge is 0.461 e. The van der Waals surface area contributed by atoms with E-state index in [0.717, 1.165) is 10.2 Å². The standard InChI is InChI=1S/C12H13BrClN5O/c1-6(2)20-12-18-10(15)17-11(19-12)16-7-3-4-9(14)8(13)5-7/h3-6H,1-2H3,(H3,15,16,17,18,19). The van der Waals surface area contributed by atoms with E-state index in [0.29, 0.717) is 11.0 Å². The lowest BCUT2D eigenvalue weighted by Gasteiger charge is -2.10. The van der Waals surface area contributed by atoms with Crippen molar-refractivity contribution in [2.45, 2.75) is 20.0 Å². The molecule has 2 rings (SSSR count). The van der Waals surface area contributed by atoms with Crippen LogP contribution in [0.4, 0.5) is 17.6 Å². The van der Waals surface area contributed by atoms with Crippen molar-refractivity contribution in [1.82, 2.24) is 15.0 Å². The number of rotatable bonds is 4. The van der Waals surface area contributed by atoms with Crippen LogP contribution in [0.1, 0.15) is 13.8 Å². The van der Waals surface area contributed by atoms with Crippen molar-refractivity contribution in [1.29, 1.82) is 0 Å². The van der Waals surface area contributed by atoms with Crippen LogP contribution >= 0.6 is 27.5 Å². The Morgan fingerprint density at radius 3 is 2.70 bits per heavy atom. The molecule has 1 heterocycles. The number of hydrogen-bond donors (Lipinski definition) is 2. The maximum Gasteiger partial charge on any atom is 0.323 e. The van der Waals surface area contributed by atoms with Crippen molar-refractivity contribution in [2.24, 2.45) is 0 Å². The zero-order valence-corrected chi connectivity index (χ0v) is 13.2. The number of nitrogen functional groups attached to an aromatic ring is 1. The number of nitrogens with two attached hydrogens (primary N) is 1. The maximum absolute atomic E-state index is 5.94. The molecule has 0 radical (unpaired) electrons. The van der Waals surface area contributed by atoms with Gasteiger partial charge in [-0.3, -0.25) is 0 Å². The smallest absolute Gasteiger partial charge is 0.323 e. The van der Waals surface area contributed by atoms with Gasteiger partial charge in [0.25, 0.3) is 0 Å². The number of nitrogens with zero attached hydrogens (tertiary/aromatic N) is 3. The first-order valence-electron chi connectivity index (χ1n) is 5.84. The van der Waals surface area contributed by atoms with Gasteiger partial charge in [-0.05, 0) is 48.0 Å². The minimum atomic E-state index is -0.0469. The molecule has 2 aromatic rings. The van der Waals surface area contributed by atoms with Gasteiger partial charge in [-0.2, -0.15) is 15.0 Å². The molecule has 1 aromatic carbocycles. The van der Waals surface area contributed by atoms with E-state index in [1.54, 1.807) is 12.1 Å². The van der Waals surface area contributed by atoms with Crippen molar-refractivity contribution in [2.75, 3.05) is 11.1 Å². The number of anilines is 3. The lowest BCUT2D eigenvalue weighted by atomic mass is 10.3. The highest BCUT2D eigenvalue weighted by atomic mass is 79.9. The van der Waals surface area contributed by atoms with Gasteiger partial charge in [-0.15, -0.1) is 0 Å². The number of nitrogens with one attached hydrogen (secondary N) is 1. The third-order valence-corrected chi connectivity index (χ3v) is 3.36. The molecule has 8 heteroatoms. The predicted molar refractivity (Wildman–Crippen MR) is 82.4 cm³/mol. The van der Waals surface area contributed by atoms with E-state index in [1.165, 1.54) is 0 Å². The number of aromatic nitrogens is 3. The van der Waals surface area contributed by atoms with Gasteiger partial charge in [-0.25, -0.2) is 0 Å². The Labute approximate surface area is 129 Å². The third-order valence-electron chi connectivity index (χ3n) is 2.15. The molecule has 0 bridgehead atoms. The number of hydrogen-bond acceptors (Lipinski definition) is 6. The van der Waals surface area contributed by atoms with Crippen molar-refractivity contribution in [3.63, 3.8) is 0 Å². The Morgan fingerprint density at radius 1 is 1.30 bits per heavy atom. The summed E-state index contributed by atoms with van der Waals surface area (Å²) in [6.45, 7) is 3.76. The van der Waals surface area contributed by atoms with Crippen molar-refractivity contribution >= 4 is 45.1 Å². The van der Waals surface area contributed by atoms with Crippen LogP contribution in [0.15, 0.2) is 22.7 Å². The maximum atomic E-state index is 5.94. The first-order chi connectivity index (χ1) is 9.44. The third kappa shape index (κ3) is 3.94. The fourth-order valence-corrected chi connectivity index (χ4v) is 1.89. The highest BCUT2D eigenvalue weighted by Crippen LogP contribution is 2.27. The number of ether oxygens (including phenoxy) is 1. The second-order valence-electron chi connectivity index (χ2n) is 4.22. The van der Waals surface area contributed by atoms with Gasteiger partial charge >= 0.3 is 6.01 Å². The molecule has 0 saturated heterocycles. The van der Waals surface area contributed by atoms with Gasteiger partial charge in [0.05, 0.1) is 11.1 Å². The summed E-state index contributed by atoms with van der Waals surface area (Å²) in [5, 5.41) is 3.64. The average Bonchev–Trinajstić information content (AvgIpc) is 2.32. The van der Waals surface area contributed by atoms with Gasteiger partial charge in [0.1, 0.15) is 0 Å². The molecule has 3 N–H and O–H groups in total. The highest BCUT2D eigenvalue weighted by molar-refractivity contribution is 9.10. The molecule has 0 amide bonds. The first kappa shape index (κ1) is 14.8. The first-order valence-corrected chi connectivity index (χ1v) is 7.01. The molecule has 20 heavy (non-hydrogen) atoms. The average molecular weight is 359 g/mol.